The fourth-order valence-corrected chi connectivity index (χ4v) is 3.88. The molecule has 0 N–H and O–H groups in total. The van der Waals surface area contributed by atoms with Crippen molar-refractivity contribution >= 4 is 5.95 Å². The Kier molecular flexibility index (Phi) is 4.73. The zero-order chi connectivity index (χ0) is 14.7. The molecule has 0 amide bonds. The molecule has 2 fully saturated rings. The van der Waals surface area contributed by atoms with Gasteiger partial charge in [0.1, 0.15) is 0 Å². The lowest BCUT2D eigenvalue weighted by Gasteiger charge is -2.34. The first-order valence-corrected chi connectivity index (χ1v) is 8.54. The van der Waals surface area contributed by atoms with E-state index < -0.39 is 0 Å². The summed E-state index contributed by atoms with van der Waals surface area (Å²) in [6.07, 6.45) is 10.6. The minimum Gasteiger partial charge on any atom is -0.341 e. The minimum absolute atomic E-state index is 0.849. The van der Waals surface area contributed by atoms with Crippen LogP contribution in [0, 0.1) is 12.8 Å². The molecule has 0 aliphatic carbocycles. The fourth-order valence-electron chi connectivity index (χ4n) is 3.88. The zero-order valence-corrected chi connectivity index (χ0v) is 13.5. The Hall–Kier alpha value is -1.16. The van der Waals surface area contributed by atoms with Gasteiger partial charge >= 0.3 is 0 Å². The molecule has 2 aliphatic rings. The van der Waals surface area contributed by atoms with Gasteiger partial charge in [-0.05, 0) is 63.6 Å². The summed E-state index contributed by atoms with van der Waals surface area (Å²) in [5.41, 5.74) is 1.13. The van der Waals surface area contributed by atoms with Crippen LogP contribution >= 0.6 is 0 Å². The predicted molar refractivity (Wildman–Crippen MR) is 86.6 cm³/mol. The van der Waals surface area contributed by atoms with E-state index in [1.165, 1.54) is 45.2 Å². The molecular formula is C17H28N4. The lowest BCUT2D eigenvalue weighted by atomic mass is 9.89. The van der Waals surface area contributed by atoms with Crippen molar-refractivity contribution in [2.45, 2.75) is 52.0 Å². The maximum Gasteiger partial charge on any atom is 0.225 e. The number of hydrogen-bond acceptors (Lipinski definition) is 4. The molecule has 0 saturated carbocycles. The summed E-state index contributed by atoms with van der Waals surface area (Å²) in [6.45, 7) is 9.11. The number of nitrogens with zero attached hydrogens (tertiary/aromatic N) is 4. The number of hydrogen-bond donors (Lipinski definition) is 0. The van der Waals surface area contributed by atoms with Gasteiger partial charge in [-0.3, -0.25) is 0 Å². The number of piperidine rings is 1. The van der Waals surface area contributed by atoms with Gasteiger partial charge in [0.05, 0.1) is 0 Å². The van der Waals surface area contributed by atoms with E-state index in [0.29, 0.717) is 0 Å². The standard InChI is InChI=1S/C17H28N4/c1-3-20-8-4-5-16(20)11-15-6-9-21(10-7-15)17-18-12-14(2)13-19-17/h12-13,15-16H,3-11H2,1-2H3. The van der Waals surface area contributed by atoms with Crippen molar-refractivity contribution in [2.24, 2.45) is 5.92 Å². The molecule has 4 heteroatoms. The van der Waals surface area contributed by atoms with Gasteiger partial charge in [-0.25, -0.2) is 9.97 Å². The van der Waals surface area contributed by atoms with Crippen LogP contribution in [0.4, 0.5) is 5.95 Å². The largest absolute Gasteiger partial charge is 0.341 e. The molecule has 1 aromatic rings. The first-order chi connectivity index (χ1) is 10.3. The fraction of sp³-hybridized carbons (Fsp3) is 0.765. The van der Waals surface area contributed by atoms with Crippen LogP contribution in [0.25, 0.3) is 0 Å². The molecule has 116 valence electrons. The van der Waals surface area contributed by atoms with E-state index in [1.54, 1.807) is 0 Å². The third kappa shape index (κ3) is 3.54. The lowest BCUT2D eigenvalue weighted by Crippen LogP contribution is -2.38. The maximum atomic E-state index is 4.46. The van der Waals surface area contributed by atoms with E-state index in [9.17, 15) is 0 Å². The Labute approximate surface area is 128 Å². The highest BCUT2D eigenvalue weighted by Crippen LogP contribution is 2.29. The number of anilines is 1. The van der Waals surface area contributed by atoms with E-state index in [1.807, 2.05) is 19.3 Å². The van der Waals surface area contributed by atoms with Crippen LogP contribution in [0.2, 0.25) is 0 Å². The van der Waals surface area contributed by atoms with Crippen LogP contribution in [0.5, 0.6) is 0 Å². The van der Waals surface area contributed by atoms with E-state index in [2.05, 4.69) is 26.7 Å². The van der Waals surface area contributed by atoms with Crippen LogP contribution in [0.15, 0.2) is 12.4 Å². The quantitative estimate of drug-likeness (QED) is 0.853. The van der Waals surface area contributed by atoms with Gasteiger partial charge in [-0.2, -0.15) is 0 Å². The second kappa shape index (κ2) is 6.73. The monoisotopic (exact) mass is 288 g/mol. The Bertz CT molecular complexity index is 437. The van der Waals surface area contributed by atoms with Gasteiger partial charge in [0.15, 0.2) is 0 Å². The van der Waals surface area contributed by atoms with Crippen molar-refractivity contribution in [1.29, 1.82) is 0 Å². The number of likely N-dealkylation sites (tertiary alicyclic amines) is 1. The first kappa shape index (κ1) is 14.8. The zero-order valence-electron chi connectivity index (χ0n) is 13.5. The van der Waals surface area contributed by atoms with Crippen LogP contribution in [-0.4, -0.2) is 47.1 Å². The number of aromatic nitrogens is 2. The Morgan fingerprint density at radius 2 is 1.81 bits per heavy atom. The van der Waals surface area contributed by atoms with Gasteiger partial charge in [0, 0.05) is 31.5 Å². The normalized spacial score (nSPS) is 24.7. The summed E-state index contributed by atoms with van der Waals surface area (Å²) in [6, 6.07) is 0.849. The van der Waals surface area contributed by atoms with Gasteiger partial charge < -0.3 is 9.80 Å². The number of rotatable bonds is 4. The minimum atomic E-state index is 0.849. The highest BCUT2D eigenvalue weighted by molar-refractivity contribution is 5.30. The summed E-state index contributed by atoms with van der Waals surface area (Å²) in [5, 5.41) is 0. The van der Waals surface area contributed by atoms with Gasteiger partial charge in [0.25, 0.3) is 0 Å². The second-order valence-corrected chi connectivity index (χ2v) is 6.65. The highest BCUT2D eigenvalue weighted by atomic mass is 15.2. The van der Waals surface area contributed by atoms with Crippen molar-refractivity contribution < 1.29 is 0 Å². The molecule has 0 aromatic carbocycles. The summed E-state index contributed by atoms with van der Waals surface area (Å²) >= 11 is 0. The van der Waals surface area contributed by atoms with Crippen LogP contribution < -0.4 is 4.90 Å². The molecule has 0 bridgehead atoms. The molecule has 2 aliphatic heterocycles. The van der Waals surface area contributed by atoms with Crippen molar-refractivity contribution in [3.8, 4) is 0 Å². The van der Waals surface area contributed by atoms with E-state index in [4.69, 9.17) is 0 Å². The first-order valence-electron chi connectivity index (χ1n) is 8.54. The topological polar surface area (TPSA) is 32.3 Å². The molecule has 0 radical (unpaired) electrons. The molecular weight excluding hydrogens is 260 g/mol. The molecule has 3 heterocycles. The Morgan fingerprint density at radius 1 is 1.10 bits per heavy atom. The molecule has 0 spiro atoms. The van der Waals surface area contributed by atoms with Gasteiger partial charge in [-0.1, -0.05) is 6.92 Å². The average Bonchev–Trinajstić information content (AvgIpc) is 2.96. The highest BCUT2D eigenvalue weighted by Gasteiger charge is 2.28. The predicted octanol–water partition coefficient (Wildman–Crippen LogP) is 2.88. The molecule has 4 nitrogen and oxygen atoms in total. The van der Waals surface area contributed by atoms with Crippen molar-refractivity contribution in [3.05, 3.63) is 18.0 Å². The van der Waals surface area contributed by atoms with E-state index in [-0.39, 0.29) is 0 Å². The maximum absolute atomic E-state index is 4.46. The van der Waals surface area contributed by atoms with E-state index >= 15 is 0 Å². The molecule has 1 unspecified atom stereocenters. The molecule has 21 heavy (non-hydrogen) atoms. The molecule has 1 atom stereocenters. The Morgan fingerprint density at radius 3 is 2.48 bits per heavy atom. The lowest BCUT2D eigenvalue weighted by molar-refractivity contribution is 0.214. The Balaban J connectivity index is 1.50. The van der Waals surface area contributed by atoms with Gasteiger partial charge in [-0.15, -0.1) is 0 Å². The second-order valence-electron chi connectivity index (χ2n) is 6.65. The number of aryl methyl sites for hydroxylation is 1. The van der Waals surface area contributed by atoms with Crippen LogP contribution in [0.1, 0.15) is 44.6 Å². The summed E-state index contributed by atoms with van der Waals surface area (Å²) in [7, 11) is 0. The van der Waals surface area contributed by atoms with Crippen LogP contribution in [-0.2, 0) is 0 Å². The van der Waals surface area contributed by atoms with Gasteiger partial charge in [0.2, 0.25) is 5.95 Å². The summed E-state index contributed by atoms with van der Waals surface area (Å²) < 4.78 is 0. The average molecular weight is 288 g/mol. The SMILES string of the molecule is CCN1CCCC1CC1CCN(c2ncc(C)cn2)CC1. The summed E-state index contributed by atoms with van der Waals surface area (Å²) in [5.74, 6) is 1.80. The molecule has 3 rings (SSSR count). The smallest absolute Gasteiger partial charge is 0.225 e. The van der Waals surface area contributed by atoms with E-state index in [0.717, 1.165) is 36.6 Å². The molecule has 2 saturated heterocycles. The van der Waals surface area contributed by atoms with Crippen molar-refractivity contribution in [3.63, 3.8) is 0 Å². The third-order valence-corrected chi connectivity index (χ3v) is 5.18. The summed E-state index contributed by atoms with van der Waals surface area (Å²) in [4.78, 5) is 13.9. The molecule has 1 aromatic heterocycles. The van der Waals surface area contributed by atoms with Crippen molar-refractivity contribution in [2.75, 3.05) is 31.1 Å². The van der Waals surface area contributed by atoms with Crippen LogP contribution in [0.3, 0.4) is 0 Å². The van der Waals surface area contributed by atoms with Crippen molar-refractivity contribution in [1.82, 2.24) is 14.9 Å². The third-order valence-electron chi connectivity index (χ3n) is 5.18.